The minimum absolute atomic E-state index is 0.0691. The van der Waals surface area contributed by atoms with Crippen molar-refractivity contribution in [2.75, 3.05) is 18.1 Å². The van der Waals surface area contributed by atoms with Crippen molar-refractivity contribution in [1.29, 1.82) is 0 Å². The summed E-state index contributed by atoms with van der Waals surface area (Å²) in [6.07, 6.45) is 6.69. The quantitative estimate of drug-likeness (QED) is 0.490. The summed E-state index contributed by atoms with van der Waals surface area (Å²) >= 11 is 0. The lowest BCUT2D eigenvalue weighted by molar-refractivity contribution is 0.0698. The molecule has 4 heteroatoms. The normalized spacial score (nSPS) is 18.0. The fourth-order valence-corrected chi connectivity index (χ4v) is 5.20. The zero-order valence-corrected chi connectivity index (χ0v) is 19.5. The van der Waals surface area contributed by atoms with Gasteiger partial charge in [-0.3, -0.25) is 0 Å². The van der Waals surface area contributed by atoms with Crippen molar-refractivity contribution in [2.45, 2.75) is 64.5 Å². The molecule has 0 N–H and O–H groups in total. The third-order valence-corrected chi connectivity index (χ3v) is 7.34. The van der Waals surface area contributed by atoms with E-state index in [1.807, 2.05) is 20.0 Å². The van der Waals surface area contributed by atoms with Gasteiger partial charge in [-0.25, -0.2) is 9.97 Å². The van der Waals surface area contributed by atoms with Gasteiger partial charge in [0.25, 0.3) is 0 Å². The molecule has 0 bridgehead atoms. The predicted octanol–water partition coefficient (Wildman–Crippen LogP) is 5.92. The first-order valence-electron chi connectivity index (χ1n) is 12.0. The van der Waals surface area contributed by atoms with E-state index in [1.165, 1.54) is 47.2 Å². The molecule has 32 heavy (non-hydrogen) atoms. The summed E-state index contributed by atoms with van der Waals surface area (Å²) in [5.74, 6) is 0.785. The van der Waals surface area contributed by atoms with Gasteiger partial charge in [0, 0.05) is 30.5 Å². The van der Waals surface area contributed by atoms with Crippen molar-refractivity contribution in [2.24, 2.45) is 0 Å². The first kappa shape index (κ1) is 21.1. The van der Waals surface area contributed by atoms with Crippen LogP contribution in [0, 0.1) is 6.92 Å². The van der Waals surface area contributed by atoms with Gasteiger partial charge in [0.15, 0.2) is 5.82 Å². The van der Waals surface area contributed by atoms with E-state index in [2.05, 4.69) is 65.3 Å². The maximum absolute atomic E-state index is 5.70. The Morgan fingerprint density at radius 3 is 2.34 bits per heavy atom. The molecule has 4 nitrogen and oxygen atoms in total. The second-order valence-electron chi connectivity index (χ2n) is 9.32. The maximum atomic E-state index is 5.70. The molecule has 1 unspecified atom stereocenters. The molecule has 1 aliphatic heterocycles. The van der Waals surface area contributed by atoms with Crippen LogP contribution in [0.5, 0.6) is 0 Å². The molecule has 5 rings (SSSR count). The van der Waals surface area contributed by atoms with Gasteiger partial charge in [-0.15, -0.1) is 0 Å². The molecule has 0 saturated heterocycles. The third kappa shape index (κ3) is 3.81. The summed E-state index contributed by atoms with van der Waals surface area (Å²) in [4.78, 5) is 11.8. The summed E-state index contributed by atoms with van der Waals surface area (Å²) < 4.78 is 5.70. The van der Waals surface area contributed by atoms with Crippen LogP contribution in [0.3, 0.4) is 0 Å². The lowest BCUT2D eigenvalue weighted by atomic mass is 9.60. The van der Waals surface area contributed by atoms with E-state index in [1.54, 1.807) is 0 Å². The van der Waals surface area contributed by atoms with E-state index >= 15 is 0 Å². The molecule has 166 valence electrons. The number of nitrogens with zero attached hydrogens (tertiary/aromatic N) is 3. The van der Waals surface area contributed by atoms with Crippen LogP contribution >= 0.6 is 0 Å². The van der Waals surface area contributed by atoms with Crippen molar-refractivity contribution < 1.29 is 4.74 Å². The lowest BCUT2D eigenvalue weighted by Crippen LogP contribution is -2.35. The van der Waals surface area contributed by atoms with Crippen molar-refractivity contribution in [3.05, 3.63) is 88.5 Å². The highest BCUT2D eigenvalue weighted by Gasteiger charge is 2.40. The number of fused-ring (bicyclic) bond motifs is 1. The molecule has 2 heterocycles. The van der Waals surface area contributed by atoms with E-state index in [9.17, 15) is 0 Å². The summed E-state index contributed by atoms with van der Waals surface area (Å²) in [6, 6.07) is 18.5. The Hall–Kier alpha value is -2.72. The zero-order chi connectivity index (χ0) is 22.1. The third-order valence-electron chi connectivity index (χ3n) is 7.34. The highest BCUT2D eigenvalue weighted by Crippen LogP contribution is 2.49. The summed E-state index contributed by atoms with van der Waals surface area (Å²) in [6.45, 7) is 8.69. The number of hydrogen-bond acceptors (Lipinski definition) is 4. The first-order valence-corrected chi connectivity index (χ1v) is 12.0. The van der Waals surface area contributed by atoms with E-state index in [0.717, 1.165) is 31.0 Å². The highest BCUT2D eigenvalue weighted by atomic mass is 16.5. The molecule has 0 spiro atoms. The van der Waals surface area contributed by atoms with Gasteiger partial charge < -0.3 is 9.64 Å². The van der Waals surface area contributed by atoms with Crippen molar-refractivity contribution in [3.8, 4) is 0 Å². The monoisotopic (exact) mass is 427 g/mol. The van der Waals surface area contributed by atoms with E-state index in [-0.39, 0.29) is 11.5 Å². The molecule has 3 aromatic rings. The molecule has 0 amide bonds. The second kappa shape index (κ2) is 8.67. The van der Waals surface area contributed by atoms with Crippen LogP contribution in [0.4, 0.5) is 5.69 Å². The van der Waals surface area contributed by atoms with Gasteiger partial charge in [-0.2, -0.15) is 0 Å². The second-order valence-corrected chi connectivity index (χ2v) is 9.32. The van der Waals surface area contributed by atoms with Crippen LogP contribution in [0.2, 0.25) is 0 Å². The average molecular weight is 428 g/mol. The van der Waals surface area contributed by atoms with Gasteiger partial charge in [-0.1, -0.05) is 48.4 Å². The number of benzene rings is 2. The van der Waals surface area contributed by atoms with Gasteiger partial charge in [0.1, 0.15) is 6.10 Å². The molecule has 1 aliphatic carbocycles. The summed E-state index contributed by atoms with van der Waals surface area (Å²) in [5.41, 5.74) is 8.09. The molecule has 0 radical (unpaired) electrons. The average Bonchev–Trinajstić information content (AvgIpc) is 2.79. The van der Waals surface area contributed by atoms with E-state index < -0.39 is 0 Å². The molecule has 1 atom stereocenters. The van der Waals surface area contributed by atoms with Crippen LogP contribution in [-0.2, 0) is 23.1 Å². The molecule has 1 fully saturated rings. The first-order chi connectivity index (χ1) is 15.6. The Balaban J connectivity index is 1.36. The largest absolute Gasteiger partial charge is 0.371 e. The Bertz CT molecular complexity index is 1070. The minimum atomic E-state index is -0.0691. The number of rotatable bonds is 6. The predicted molar refractivity (Wildman–Crippen MR) is 129 cm³/mol. The summed E-state index contributed by atoms with van der Waals surface area (Å²) in [5, 5.41) is 0. The Morgan fingerprint density at radius 2 is 1.72 bits per heavy atom. The van der Waals surface area contributed by atoms with Crippen molar-refractivity contribution >= 4 is 5.69 Å². The molecule has 1 aromatic heterocycles. The maximum Gasteiger partial charge on any atom is 0.157 e. The number of aromatic nitrogens is 2. The SMILES string of the molecule is CCOC(C)c1ncc2c(n1)CN(c1ccc(C3(c4ccc(C)cc4)CCC3)cc1)CC2. The van der Waals surface area contributed by atoms with Crippen LogP contribution in [0.15, 0.2) is 54.7 Å². The molecule has 1 saturated carbocycles. The Labute approximate surface area is 191 Å². The highest BCUT2D eigenvalue weighted by molar-refractivity contribution is 5.53. The van der Waals surface area contributed by atoms with E-state index in [0.29, 0.717) is 6.61 Å². The fraction of sp³-hybridized carbons (Fsp3) is 0.429. The minimum Gasteiger partial charge on any atom is -0.371 e. The van der Waals surface area contributed by atoms with Crippen molar-refractivity contribution in [3.63, 3.8) is 0 Å². The van der Waals surface area contributed by atoms with E-state index in [4.69, 9.17) is 9.72 Å². The van der Waals surface area contributed by atoms with Gasteiger partial charge in [0.05, 0.1) is 12.2 Å². The standard InChI is InChI=1S/C28H33N3O/c1-4-32-21(3)27-29-18-22-14-17-31(19-26(22)30-27)25-12-10-24(11-13-25)28(15-5-16-28)23-8-6-20(2)7-9-23/h6-13,18,21H,4-5,14-17,19H2,1-3H3. The number of aryl methyl sites for hydroxylation is 1. The van der Waals surface area contributed by atoms with Crippen LogP contribution in [-0.4, -0.2) is 23.1 Å². The Kier molecular flexibility index (Phi) is 5.73. The number of hydrogen-bond donors (Lipinski definition) is 0. The zero-order valence-electron chi connectivity index (χ0n) is 19.5. The fourth-order valence-electron chi connectivity index (χ4n) is 5.20. The van der Waals surface area contributed by atoms with Crippen LogP contribution in [0.1, 0.15) is 73.0 Å². The van der Waals surface area contributed by atoms with Crippen LogP contribution < -0.4 is 4.90 Å². The van der Waals surface area contributed by atoms with Gasteiger partial charge in [-0.05, 0) is 68.9 Å². The Morgan fingerprint density at radius 1 is 1.03 bits per heavy atom. The molecular formula is C28H33N3O. The number of ether oxygens (including phenoxy) is 1. The van der Waals surface area contributed by atoms with Crippen molar-refractivity contribution in [1.82, 2.24) is 9.97 Å². The van der Waals surface area contributed by atoms with Gasteiger partial charge in [0.2, 0.25) is 0 Å². The molecular weight excluding hydrogens is 394 g/mol. The van der Waals surface area contributed by atoms with Crippen LogP contribution in [0.25, 0.3) is 0 Å². The lowest BCUT2D eigenvalue weighted by Gasteiger charge is -2.43. The molecule has 2 aliphatic rings. The topological polar surface area (TPSA) is 38.3 Å². The molecule has 2 aromatic carbocycles. The summed E-state index contributed by atoms with van der Waals surface area (Å²) in [7, 11) is 0. The van der Waals surface area contributed by atoms with Gasteiger partial charge >= 0.3 is 0 Å². The number of anilines is 1. The smallest absolute Gasteiger partial charge is 0.157 e.